The highest BCUT2D eigenvalue weighted by molar-refractivity contribution is 7.12. The molecule has 0 aliphatic carbocycles. The Bertz CT molecular complexity index is 522. The van der Waals surface area contributed by atoms with Gasteiger partial charge >= 0.3 is 0 Å². The van der Waals surface area contributed by atoms with Gasteiger partial charge in [0.05, 0.1) is 17.8 Å². The topological polar surface area (TPSA) is 48.1 Å². The van der Waals surface area contributed by atoms with Crippen molar-refractivity contribution in [2.24, 2.45) is 5.73 Å². The summed E-state index contributed by atoms with van der Waals surface area (Å²) in [5.41, 5.74) is 7.71. The highest BCUT2D eigenvalue weighted by Gasteiger charge is 2.14. The molecular formula is C14H18N2OS. The van der Waals surface area contributed by atoms with Gasteiger partial charge in [-0.1, -0.05) is 19.1 Å². The van der Waals surface area contributed by atoms with Crippen LogP contribution < -0.4 is 10.5 Å². The maximum atomic E-state index is 5.60. The molecule has 0 aliphatic rings. The second kappa shape index (κ2) is 5.98. The number of para-hydroxylation sites is 1. The largest absolute Gasteiger partial charge is 0.496 e. The standard InChI is InChI=1S/C14H18N2OS/c1-3-12-14(16-13(18-12)8-9-15)10-6-4-5-7-11(10)17-2/h4-7H,3,8-9,15H2,1-2H3. The second-order valence-electron chi connectivity index (χ2n) is 3.97. The molecule has 3 nitrogen and oxygen atoms in total. The molecule has 0 fully saturated rings. The van der Waals surface area contributed by atoms with Gasteiger partial charge in [0.2, 0.25) is 0 Å². The van der Waals surface area contributed by atoms with Gasteiger partial charge in [-0.2, -0.15) is 0 Å². The lowest BCUT2D eigenvalue weighted by molar-refractivity contribution is 0.416. The van der Waals surface area contributed by atoms with Crippen LogP contribution in [0.3, 0.4) is 0 Å². The molecule has 0 aliphatic heterocycles. The smallest absolute Gasteiger partial charge is 0.128 e. The van der Waals surface area contributed by atoms with E-state index in [0.717, 1.165) is 34.9 Å². The Kier molecular flexibility index (Phi) is 4.33. The van der Waals surface area contributed by atoms with Crippen molar-refractivity contribution < 1.29 is 4.74 Å². The normalized spacial score (nSPS) is 10.6. The summed E-state index contributed by atoms with van der Waals surface area (Å²) in [5, 5.41) is 1.11. The molecule has 1 aromatic heterocycles. The minimum Gasteiger partial charge on any atom is -0.496 e. The molecule has 4 heteroatoms. The fraction of sp³-hybridized carbons (Fsp3) is 0.357. The summed E-state index contributed by atoms with van der Waals surface area (Å²) in [6.45, 7) is 2.79. The van der Waals surface area contributed by atoms with Gasteiger partial charge < -0.3 is 10.5 Å². The van der Waals surface area contributed by atoms with Crippen LogP contribution in [0.2, 0.25) is 0 Å². The average Bonchev–Trinajstić information content (AvgIpc) is 2.82. The molecule has 2 rings (SSSR count). The van der Waals surface area contributed by atoms with E-state index in [0.29, 0.717) is 6.54 Å². The molecule has 96 valence electrons. The molecule has 0 atom stereocenters. The van der Waals surface area contributed by atoms with E-state index in [2.05, 4.69) is 13.0 Å². The van der Waals surface area contributed by atoms with Crippen molar-refractivity contribution in [2.75, 3.05) is 13.7 Å². The Morgan fingerprint density at radius 3 is 2.78 bits per heavy atom. The predicted molar refractivity (Wildman–Crippen MR) is 76.2 cm³/mol. The van der Waals surface area contributed by atoms with Crippen LogP contribution in [-0.2, 0) is 12.8 Å². The van der Waals surface area contributed by atoms with Crippen LogP contribution in [0.25, 0.3) is 11.3 Å². The first kappa shape index (κ1) is 13.1. The number of nitrogens with two attached hydrogens (primary N) is 1. The lowest BCUT2D eigenvalue weighted by Gasteiger charge is -2.06. The van der Waals surface area contributed by atoms with Gasteiger partial charge in [0.15, 0.2) is 0 Å². The number of nitrogens with zero attached hydrogens (tertiary/aromatic N) is 1. The molecule has 1 heterocycles. The van der Waals surface area contributed by atoms with E-state index in [1.54, 1.807) is 18.4 Å². The minimum atomic E-state index is 0.641. The number of aromatic nitrogens is 1. The number of hydrogen-bond donors (Lipinski definition) is 1. The Labute approximate surface area is 112 Å². The molecule has 1 aromatic carbocycles. The fourth-order valence-electron chi connectivity index (χ4n) is 1.92. The number of hydrogen-bond acceptors (Lipinski definition) is 4. The summed E-state index contributed by atoms with van der Waals surface area (Å²) in [4.78, 5) is 6.00. The van der Waals surface area contributed by atoms with Crippen molar-refractivity contribution >= 4 is 11.3 Å². The third kappa shape index (κ3) is 2.54. The van der Waals surface area contributed by atoms with E-state index in [1.807, 2.05) is 18.2 Å². The number of methoxy groups -OCH3 is 1. The van der Waals surface area contributed by atoms with Crippen LogP contribution in [0.1, 0.15) is 16.8 Å². The zero-order valence-corrected chi connectivity index (χ0v) is 11.6. The summed E-state index contributed by atoms with van der Waals surface area (Å²) >= 11 is 1.75. The number of aryl methyl sites for hydroxylation is 1. The first-order chi connectivity index (χ1) is 8.80. The van der Waals surface area contributed by atoms with Gasteiger partial charge in [-0.05, 0) is 25.1 Å². The van der Waals surface area contributed by atoms with Crippen LogP contribution in [0.4, 0.5) is 0 Å². The monoisotopic (exact) mass is 262 g/mol. The maximum Gasteiger partial charge on any atom is 0.128 e. The van der Waals surface area contributed by atoms with Gasteiger partial charge in [-0.15, -0.1) is 11.3 Å². The van der Waals surface area contributed by atoms with Crippen LogP contribution in [0, 0.1) is 0 Å². The molecule has 0 amide bonds. The van der Waals surface area contributed by atoms with Gasteiger partial charge in [-0.25, -0.2) is 4.98 Å². The third-order valence-corrected chi connectivity index (χ3v) is 4.04. The van der Waals surface area contributed by atoms with Crippen molar-refractivity contribution in [2.45, 2.75) is 19.8 Å². The van der Waals surface area contributed by atoms with E-state index >= 15 is 0 Å². The number of benzene rings is 1. The summed E-state index contributed by atoms with van der Waals surface area (Å²) in [5.74, 6) is 0.872. The number of thiazole rings is 1. The van der Waals surface area contributed by atoms with Crippen LogP contribution in [0.5, 0.6) is 5.75 Å². The maximum absolute atomic E-state index is 5.60. The highest BCUT2D eigenvalue weighted by Crippen LogP contribution is 2.34. The summed E-state index contributed by atoms with van der Waals surface area (Å²) in [6.07, 6.45) is 1.82. The van der Waals surface area contributed by atoms with Gasteiger partial charge in [0, 0.05) is 16.9 Å². The van der Waals surface area contributed by atoms with Gasteiger partial charge in [0.25, 0.3) is 0 Å². The lowest BCUT2D eigenvalue weighted by atomic mass is 10.1. The molecule has 0 saturated carbocycles. The van der Waals surface area contributed by atoms with Crippen molar-refractivity contribution in [3.05, 3.63) is 34.2 Å². The Balaban J connectivity index is 2.48. The molecule has 0 unspecified atom stereocenters. The number of rotatable bonds is 5. The van der Waals surface area contributed by atoms with Crippen molar-refractivity contribution in [3.63, 3.8) is 0 Å². The van der Waals surface area contributed by atoms with E-state index < -0.39 is 0 Å². The Hall–Kier alpha value is -1.39. The summed E-state index contributed by atoms with van der Waals surface area (Å²) in [6, 6.07) is 8.01. The second-order valence-corrected chi connectivity index (χ2v) is 5.14. The van der Waals surface area contributed by atoms with Gasteiger partial charge in [0.1, 0.15) is 5.75 Å². The fourth-order valence-corrected chi connectivity index (χ4v) is 2.96. The first-order valence-electron chi connectivity index (χ1n) is 6.12. The molecular weight excluding hydrogens is 244 g/mol. The van der Waals surface area contributed by atoms with E-state index in [-0.39, 0.29) is 0 Å². The zero-order chi connectivity index (χ0) is 13.0. The average molecular weight is 262 g/mol. The molecule has 2 N–H and O–H groups in total. The van der Waals surface area contributed by atoms with Crippen LogP contribution in [0.15, 0.2) is 24.3 Å². The van der Waals surface area contributed by atoms with E-state index in [4.69, 9.17) is 15.5 Å². The summed E-state index contributed by atoms with van der Waals surface area (Å²) < 4.78 is 5.41. The minimum absolute atomic E-state index is 0.641. The van der Waals surface area contributed by atoms with Gasteiger partial charge in [-0.3, -0.25) is 0 Å². The van der Waals surface area contributed by atoms with Crippen molar-refractivity contribution in [1.82, 2.24) is 4.98 Å². The highest BCUT2D eigenvalue weighted by atomic mass is 32.1. The first-order valence-corrected chi connectivity index (χ1v) is 6.93. The molecule has 0 bridgehead atoms. The molecule has 0 spiro atoms. The Morgan fingerprint density at radius 1 is 1.33 bits per heavy atom. The van der Waals surface area contributed by atoms with E-state index in [9.17, 15) is 0 Å². The molecule has 0 saturated heterocycles. The van der Waals surface area contributed by atoms with Crippen LogP contribution >= 0.6 is 11.3 Å². The summed E-state index contributed by atoms with van der Waals surface area (Å²) in [7, 11) is 1.69. The van der Waals surface area contributed by atoms with E-state index in [1.165, 1.54) is 4.88 Å². The molecule has 0 radical (unpaired) electrons. The Morgan fingerprint density at radius 2 is 2.11 bits per heavy atom. The lowest BCUT2D eigenvalue weighted by Crippen LogP contribution is -2.02. The number of ether oxygens (including phenoxy) is 1. The molecule has 2 aromatic rings. The van der Waals surface area contributed by atoms with Crippen molar-refractivity contribution in [3.8, 4) is 17.0 Å². The van der Waals surface area contributed by atoms with Crippen LogP contribution in [-0.4, -0.2) is 18.6 Å². The zero-order valence-electron chi connectivity index (χ0n) is 10.8. The third-order valence-electron chi connectivity index (χ3n) is 2.78. The predicted octanol–water partition coefficient (Wildman–Crippen LogP) is 2.88. The van der Waals surface area contributed by atoms with Crippen molar-refractivity contribution in [1.29, 1.82) is 0 Å². The SMILES string of the molecule is CCc1sc(CCN)nc1-c1ccccc1OC. The molecule has 18 heavy (non-hydrogen) atoms. The quantitative estimate of drug-likeness (QED) is 0.901.